The topological polar surface area (TPSA) is 90.9 Å². The summed E-state index contributed by atoms with van der Waals surface area (Å²) in [7, 11) is 1.47. The zero-order valence-electron chi connectivity index (χ0n) is 16.9. The van der Waals surface area contributed by atoms with Gasteiger partial charge in [0, 0.05) is 10.9 Å². The monoisotopic (exact) mass is 477 g/mol. The summed E-state index contributed by atoms with van der Waals surface area (Å²) < 4.78 is 16.3. The molecule has 30 heavy (non-hydrogen) atoms. The molecule has 0 radical (unpaired) electrons. The number of esters is 1. The molecule has 0 atom stereocenters. The molecule has 2 aromatic carbocycles. The van der Waals surface area contributed by atoms with Crippen molar-refractivity contribution >= 4 is 33.6 Å². The highest BCUT2D eigenvalue weighted by molar-refractivity contribution is 9.10. The Balaban J connectivity index is 1.65. The van der Waals surface area contributed by atoms with Crippen molar-refractivity contribution in [2.75, 3.05) is 26.9 Å². The highest BCUT2D eigenvalue weighted by atomic mass is 79.9. The molecule has 0 unspecified atom stereocenters. The molecule has 160 valence electrons. The van der Waals surface area contributed by atoms with E-state index < -0.39 is 18.5 Å². The largest absolute Gasteiger partial charge is 0.496 e. The van der Waals surface area contributed by atoms with Crippen LogP contribution in [0.1, 0.15) is 28.8 Å². The van der Waals surface area contributed by atoms with Gasteiger partial charge in [-0.25, -0.2) is 0 Å². The van der Waals surface area contributed by atoms with Crippen molar-refractivity contribution in [1.29, 1.82) is 0 Å². The lowest BCUT2D eigenvalue weighted by atomic mass is 10.1. The van der Waals surface area contributed by atoms with Crippen molar-refractivity contribution in [2.45, 2.75) is 19.8 Å². The van der Waals surface area contributed by atoms with E-state index in [1.54, 1.807) is 18.2 Å². The van der Waals surface area contributed by atoms with Crippen LogP contribution in [0, 0.1) is 6.92 Å². The minimum atomic E-state index is -0.622. The van der Waals surface area contributed by atoms with Gasteiger partial charge in [0.15, 0.2) is 12.4 Å². The third kappa shape index (κ3) is 7.87. The summed E-state index contributed by atoms with van der Waals surface area (Å²) in [4.78, 5) is 35.9. The number of hydrogen-bond acceptors (Lipinski definition) is 6. The number of carbonyl (C=O) groups is 3. The molecule has 0 bridgehead atoms. The SMILES string of the molecule is COc1ccc(Br)cc1C(=O)CCC(=O)OCC(=O)NCCOc1cccc(C)c1. The fourth-order valence-electron chi connectivity index (χ4n) is 2.58. The van der Waals surface area contributed by atoms with Crippen molar-refractivity contribution in [2.24, 2.45) is 0 Å². The van der Waals surface area contributed by atoms with Gasteiger partial charge in [-0.3, -0.25) is 14.4 Å². The molecule has 0 fully saturated rings. The van der Waals surface area contributed by atoms with Crippen LogP contribution in [0.25, 0.3) is 0 Å². The Morgan fingerprint density at radius 1 is 1.07 bits per heavy atom. The Kier molecular flexibility index (Phi) is 9.34. The van der Waals surface area contributed by atoms with Crippen molar-refractivity contribution < 1.29 is 28.6 Å². The quantitative estimate of drug-likeness (QED) is 0.302. The van der Waals surface area contributed by atoms with Gasteiger partial charge in [-0.1, -0.05) is 28.1 Å². The molecular weight excluding hydrogens is 454 g/mol. The maximum atomic E-state index is 12.3. The summed E-state index contributed by atoms with van der Waals surface area (Å²) in [5.41, 5.74) is 1.46. The number of benzene rings is 2. The first-order valence-electron chi connectivity index (χ1n) is 9.37. The number of ether oxygens (including phenoxy) is 3. The van der Waals surface area contributed by atoms with Gasteiger partial charge in [-0.2, -0.15) is 0 Å². The van der Waals surface area contributed by atoms with E-state index in [0.717, 1.165) is 15.8 Å². The van der Waals surface area contributed by atoms with E-state index in [1.807, 2.05) is 31.2 Å². The van der Waals surface area contributed by atoms with Gasteiger partial charge in [0.05, 0.1) is 25.6 Å². The van der Waals surface area contributed by atoms with Crippen LogP contribution in [-0.4, -0.2) is 44.5 Å². The Morgan fingerprint density at radius 3 is 2.60 bits per heavy atom. The standard InChI is InChI=1S/C22H24BrNO6/c1-15-4-3-5-17(12-15)29-11-10-24-21(26)14-30-22(27)9-7-19(25)18-13-16(23)6-8-20(18)28-2/h3-6,8,12-13H,7,9-11,14H2,1-2H3,(H,24,26). The number of Topliss-reactive ketones (excluding diaryl/α,β-unsaturated/α-hetero) is 1. The zero-order valence-corrected chi connectivity index (χ0v) is 18.5. The average molecular weight is 478 g/mol. The van der Waals surface area contributed by atoms with Crippen LogP contribution in [0.2, 0.25) is 0 Å². The molecule has 0 aliphatic heterocycles. The Labute approximate surface area is 183 Å². The van der Waals surface area contributed by atoms with Crippen LogP contribution in [-0.2, 0) is 14.3 Å². The number of hydrogen-bond donors (Lipinski definition) is 1. The fraction of sp³-hybridized carbons (Fsp3) is 0.318. The molecule has 0 aromatic heterocycles. The molecule has 0 heterocycles. The summed E-state index contributed by atoms with van der Waals surface area (Å²) in [6.07, 6.45) is -0.171. The first-order valence-corrected chi connectivity index (χ1v) is 10.2. The van der Waals surface area contributed by atoms with Crippen molar-refractivity contribution in [3.63, 3.8) is 0 Å². The van der Waals surface area contributed by atoms with Crippen molar-refractivity contribution in [3.8, 4) is 11.5 Å². The summed E-state index contributed by atoms with van der Waals surface area (Å²) in [5.74, 6) is -0.145. The van der Waals surface area contributed by atoms with Crippen LogP contribution < -0.4 is 14.8 Å². The molecule has 1 N–H and O–H groups in total. The van der Waals surface area contributed by atoms with Crippen molar-refractivity contribution in [1.82, 2.24) is 5.32 Å². The van der Waals surface area contributed by atoms with Crippen LogP contribution in [0.15, 0.2) is 46.9 Å². The lowest BCUT2D eigenvalue weighted by Gasteiger charge is -2.09. The lowest BCUT2D eigenvalue weighted by molar-refractivity contribution is -0.148. The number of amides is 1. The normalized spacial score (nSPS) is 10.2. The van der Waals surface area contributed by atoms with E-state index in [1.165, 1.54) is 7.11 Å². The van der Waals surface area contributed by atoms with Gasteiger partial charge in [-0.05, 0) is 42.8 Å². The van der Waals surface area contributed by atoms with E-state index in [2.05, 4.69) is 21.2 Å². The Morgan fingerprint density at radius 2 is 1.87 bits per heavy atom. The number of rotatable bonds is 11. The maximum absolute atomic E-state index is 12.3. The minimum absolute atomic E-state index is 0.0440. The van der Waals surface area contributed by atoms with E-state index in [0.29, 0.717) is 17.9 Å². The third-order valence-electron chi connectivity index (χ3n) is 4.06. The van der Waals surface area contributed by atoms with E-state index >= 15 is 0 Å². The number of aryl methyl sites for hydroxylation is 1. The summed E-state index contributed by atoms with van der Waals surface area (Å²) in [6.45, 7) is 2.14. The molecule has 0 saturated carbocycles. The number of halogens is 1. The van der Waals surface area contributed by atoms with Gasteiger partial charge in [0.25, 0.3) is 5.91 Å². The third-order valence-corrected chi connectivity index (χ3v) is 4.56. The molecule has 8 heteroatoms. The van der Waals surface area contributed by atoms with Gasteiger partial charge >= 0.3 is 5.97 Å². The second-order valence-electron chi connectivity index (χ2n) is 6.44. The number of carbonyl (C=O) groups excluding carboxylic acids is 3. The second-order valence-corrected chi connectivity index (χ2v) is 7.36. The van der Waals surface area contributed by atoms with Crippen molar-refractivity contribution in [3.05, 3.63) is 58.1 Å². The predicted octanol–water partition coefficient (Wildman–Crippen LogP) is 3.47. The molecule has 0 saturated heterocycles. The van der Waals surface area contributed by atoms with Gasteiger partial charge < -0.3 is 19.5 Å². The molecule has 2 rings (SSSR count). The molecule has 1 amide bonds. The van der Waals surface area contributed by atoms with E-state index in [4.69, 9.17) is 14.2 Å². The average Bonchev–Trinajstić information content (AvgIpc) is 2.73. The predicted molar refractivity (Wildman–Crippen MR) is 115 cm³/mol. The molecule has 0 aliphatic carbocycles. The van der Waals surface area contributed by atoms with Crippen LogP contribution in [0.4, 0.5) is 0 Å². The first-order chi connectivity index (χ1) is 14.4. The maximum Gasteiger partial charge on any atom is 0.306 e. The van der Waals surface area contributed by atoms with Gasteiger partial charge in [0.1, 0.15) is 18.1 Å². The summed E-state index contributed by atoms with van der Waals surface area (Å²) in [6, 6.07) is 12.7. The number of ketones is 1. The second kappa shape index (κ2) is 12.0. The minimum Gasteiger partial charge on any atom is -0.496 e. The summed E-state index contributed by atoms with van der Waals surface area (Å²) in [5, 5.41) is 2.61. The van der Waals surface area contributed by atoms with E-state index in [-0.39, 0.29) is 25.2 Å². The molecule has 0 aliphatic rings. The highest BCUT2D eigenvalue weighted by Gasteiger charge is 2.15. The van der Waals surface area contributed by atoms with Crippen LogP contribution in [0.5, 0.6) is 11.5 Å². The van der Waals surface area contributed by atoms with Crippen LogP contribution in [0.3, 0.4) is 0 Å². The zero-order chi connectivity index (χ0) is 21.9. The highest BCUT2D eigenvalue weighted by Crippen LogP contribution is 2.24. The Bertz CT molecular complexity index is 899. The fourth-order valence-corrected chi connectivity index (χ4v) is 2.94. The Hall–Kier alpha value is -2.87. The number of nitrogens with one attached hydrogen (secondary N) is 1. The molecular formula is C22H24BrNO6. The first kappa shape index (κ1) is 23.4. The number of methoxy groups -OCH3 is 1. The molecule has 7 nitrogen and oxygen atoms in total. The molecule has 0 spiro atoms. The lowest BCUT2D eigenvalue weighted by Crippen LogP contribution is -2.32. The van der Waals surface area contributed by atoms with E-state index in [9.17, 15) is 14.4 Å². The van der Waals surface area contributed by atoms with Gasteiger partial charge in [0.2, 0.25) is 0 Å². The van der Waals surface area contributed by atoms with Gasteiger partial charge in [-0.15, -0.1) is 0 Å². The summed E-state index contributed by atoms with van der Waals surface area (Å²) >= 11 is 3.30. The van der Waals surface area contributed by atoms with Crippen LogP contribution >= 0.6 is 15.9 Å². The molecule has 2 aromatic rings. The smallest absolute Gasteiger partial charge is 0.306 e.